The van der Waals surface area contributed by atoms with Crippen LogP contribution in [0.3, 0.4) is 0 Å². The molecule has 0 atom stereocenters. The highest BCUT2D eigenvalue weighted by Crippen LogP contribution is 2.29. The average Bonchev–Trinajstić information content (AvgIpc) is 3.14. The Hall–Kier alpha value is -0.680. The van der Waals surface area contributed by atoms with Crippen LogP contribution in [0.15, 0.2) is 0 Å². The largest absolute Gasteiger partial charge is 0.392 e. The Morgan fingerprint density at radius 2 is 2.06 bits per heavy atom. The lowest BCUT2D eigenvalue weighted by Gasteiger charge is -2.28. The van der Waals surface area contributed by atoms with Crippen molar-refractivity contribution in [3.63, 3.8) is 0 Å². The maximum atomic E-state index is 12.1. The van der Waals surface area contributed by atoms with Crippen molar-refractivity contribution < 1.29 is 9.53 Å². The number of nitrogens with one attached hydrogen (secondary N) is 1. The summed E-state index contributed by atoms with van der Waals surface area (Å²) in [6.45, 7) is 5.77. The van der Waals surface area contributed by atoms with Crippen molar-refractivity contribution in [1.29, 1.82) is 0 Å². The molecule has 0 aliphatic heterocycles. The summed E-state index contributed by atoms with van der Waals surface area (Å²) in [5.74, 6) is 0.678. The maximum absolute atomic E-state index is 12.1. The molecule has 18 heavy (non-hydrogen) atoms. The van der Waals surface area contributed by atoms with Gasteiger partial charge in [0.05, 0.1) is 17.0 Å². The summed E-state index contributed by atoms with van der Waals surface area (Å²) in [6.07, 6.45) is 3.83. The highest BCUT2D eigenvalue weighted by atomic mass is 32.1. The van der Waals surface area contributed by atoms with Gasteiger partial charge in [0, 0.05) is 13.2 Å². The van der Waals surface area contributed by atoms with Crippen LogP contribution < -0.4 is 11.1 Å². The molecule has 3 N–H and O–H groups in total. The monoisotopic (exact) mass is 272 g/mol. The number of rotatable bonds is 9. The van der Waals surface area contributed by atoms with Crippen molar-refractivity contribution in [3.8, 4) is 0 Å². The van der Waals surface area contributed by atoms with Gasteiger partial charge in [-0.1, -0.05) is 26.1 Å². The smallest absolute Gasteiger partial charge is 0.233 e. The highest BCUT2D eigenvalue weighted by molar-refractivity contribution is 7.80. The van der Waals surface area contributed by atoms with Crippen molar-refractivity contribution in [1.82, 2.24) is 5.32 Å². The Bertz CT molecular complexity index is 299. The number of hydrogen-bond donors (Lipinski definition) is 2. The molecule has 0 aromatic carbocycles. The van der Waals surface area contributed by atoms with E-state index in [2.05, 4.69) is 5.32 Å². The van der Waals surface area contributed by atoms with Crippen LogP contribution >= 0.6 is 12.2 Å². The minimum absolute atomic E-state index is 0.0741. The van der Waals surface area contributed by atoms with E-state index in [1.807, 2.05) is 13.8 Å². The quantitative estimate of drug-likeness (QED) is 0.494. The van der Waals surface area contributed by atoms with Gasteiger partial charge in [-0.3, -0.25) is 4.79 Å². The SMILES string of the molecule is CCC(CC)(C(=O)NCCOCC1CC1)C(N)=S. The molecule has 0 aromatic rings. The molecule has 1 fully saturated rings. The van der Waals surface area contributed by atoms with Crippen molar-refractivity contribution in [2.75, 3.05) is 19.8 Å². The molecule has 0 bridgehead atoms. The van der Waals surface area contributed by atoms with Gasteiger partial charge >= 0.3 is 0 Å². The van der Waals surface area contributed by atoms with E-state index >= 15 is 0 Å². The highest BCUT2D eigenvalue weighted by Gasteiger charge is 2.37. The summed E-state index contributed by atoms with van der Waals surface area (Å²) in [5, 5.41) is 2.87. The molecule has 1 rings (SSSR count). The van der Waals surface area contributed by atoms with Crippen LogP contribution in [0.25, 0.3) is 0 Å². The van der Waals surface area contributed by atoms with Crippen LogP contribution in [-0.4, -0.2) is 30.7 Å². The third-order valence-electron chi connectivity index (χ3n) is 3.70. The minimum Gasteiger partial charge on any atom is -0.392 e. The van der Waals surface area contributed by atoms with E-state index in [-0.39, 0.29) is 10.9 Å². The van der Waals surface area contributed by atoms with Crippen molar-refractivity contribution in [3.05, 3.63) is 0 Å². The molecule has 0 heterocycles. The minimum atomic E-state index is -0.703. The topological polar surface area (TPSA) is 64.3 Å². The van der Waals surface area contributed by atoms with Gasteiger partial charge in [-0.25, -0.2) is 0 Å². The molecule has 1 aliphatic carbocycles. The molecule has 0 unspecified atom stereocenters. The zero-order valence-corrected chi connectivity index (χ0v) is 12.1. The number of amides is 1. The second kappa shape index (κ2) is 7.04. The number of nitrogens with two attached hydrogens (primary N) is 1. The Morgan fingerprint density at radius 3 is 2.50 bits per heavy atom. The zero-order valence-electron chi connectivity index (χ0n) is 11.3. The molecule has 1 aliphatic rings. The molecule has 104 valence electrons. The fourth-order valence-electron chi connectivity index (χ4n) is 1.97. The fourth-order valence-corrected chi connectivity index (χ4v) is 2.35. The lowest BCUT2D eigenvalue weighted by atomic mass is 9.81. The van der Waals surface area contributed by atoms with Gasteiger partial charge < -0.3 is 15.8 Å². The Kier molecular flexibility index (Phi) is 6.02. The van der Waals surface area contributed by atoms with Crippen LogP contribution in [0.1, 0.15) is 39.5 Å². The summed E-state index contributed by atoms with van der Waals surface area (Å²) < 4.78 is 5.47. The Labute approximate surface area is 115 Å². The molecule has 5 heteroatoms. The number of ether oxygens (including phenoxy) is 1. The summed E-state index contributed by atoms with van der Waals surface area (Å²) >= 11 is 5.03. The number of carbonyl (C=O) groups is 1. The van der Waals surface area contributed by atoms with Crippen molar-refractivity contribution >= 4 is 23.1 Å². The molecular formula is C13H24N2O2S. The first-order valence-electron chi connectivity index (χ1n) is 6.72. The second-order valence-corrected chi connectivity index (χ2v) is 5.37. The lowest BCUT2D eigenvalue weighted by Crippen LogP contribution is -2.49. The number of hydrogen-bond acceptors (Lipinski definition) is 3. The van der Waals surface area contributed by atoms with Gasteiger partial charge in [-0.15, -0.1) is 0 Å². The van der Waals surface area contributed by atoms with E-state index in [1.54, 1.807) is 0 Å². The van der Waals surface area contributed by atoms with E-state index in [0.717, 1.165) is 12.5 Å². The van der Waals surface area contributed by atoms with Gasteiger partial charge in [0.15, 0.2) is 0 Å². The van der Waals surface area contributed by atoms with E-state index in [9.17, 15) is 4.79 Å². The van der Waals surface area contributed by atoms with Gasteiger partial charge in [-0.2, -0.15) is 0 Å². The molecule has 0 saturated heterocycles. The van der Waals surface area contributed by atoms with E-state index in [0.29, 0.717) is 26.0 Å². The van der Waals surface area contributed by atoms with E-state index in [4.69, 9.17) is 22.7 Å². The fraction of sp³-hybridized carbons (Fsp3) is 0.846. The van der Waals surface area contributed by atoms with E-state index < -0.39 is 5.41 Å². The predicted molar refractivity (Wildman–Crippen MR) is 76.4 cm³/mol. The van der Waals surface area contributed by atoms with Crippen molar-refractivity contribution in [2.45, 2.75) is 39.5 Å². The first-order chi connectivity index (χ1) is 8.56. The lowest BCUT2D eigenvalue weighted by molar-refractivity contribution is -0.128. The number of thiocarbonyl (C=S) groups is 1. The van der Waals surface area contributed by atoms with Gasteiger partial charge in [0.2, 0.25) is 5.91 Å². The van der Waals surface area contributed by atoms with E-state index in [1.165, 1.54) is 12.8 Å². The molecule has 0 spiro atoms. The van der Waals surface area contributed by atoms with Gasteiger partial charge in [0.1, 0.15) is 0 Å². The van der Waals surface area contributed by atoms with Crippen LogP contribution in [0.4, 0.5) is 0 Å². The first kappa shape index (κ1) is 15.4. The summed E-state index contributed by atoms with van der Waals surface area (Å²) in [5.41, 5.74) is 5.01. The molecule has 4 nitrogen and oxygen atoms in total. The second-order valence-electron chi connectivity index (χ2n) is 4.93. The van der Waals surface area contributed by atoms with Gasteiger partial charge in [0.25, 0.3) is 0 Å². The average molecular weight is 272 g/mol. The summed E-state index contributed by atoms with van der Waals surface area (Å²) in [4.78, 5) is 12.4. The standard InChI is InChI=1S/C13H24N2O2S/c1-3-13(4-2,11(14)18)12(16)15-7-8-17-9-10-5-6-10/h10H,3-9H2,1-2H3,(H2,14,18)(H,15,16). The Balaban J connectivity index is 2.29. The summed E-state index contributed by atoms with van der Waals surface area (Å²) in [6, 6.07) is 0. The molecule has 1 saturated carbocycles. The van der Waals surface area contributed by atoms with Crippen molar-refractivity contribution in [2.24, 2.45) is 17.1 Å². The maximum Gasteiger partial charge on any atom is 0.233 e. The predicted octanol–water partition coefficient (Wildman–Crippen LogP) is 1.62. The summed E-state index contributed by atoms with van der Waals surface area (Å²) in [7, 11) is 0. The molecule has 0 aromatic heterocycles. The molecular weight excluding hydrogens is 248 g/mol. The number of carbonyl (C=O) groups excluding carboxylic acids is 1. The van der Waals surface area contributed by atoms with Crippen LogP contribution in [0, 0.1) is 11.3 Å². The first-order valence-corrected chi connectivity index (χ1v) is 7.13. The van der Waals surface area contributed by atoms with Gasteiger partial charge in [-0.05, 0) is 31.6 Å². The van der Waals surface area contributed by atoms with Crippen LogP contribution in [0.5, 0.6) is 0 Å². The van der Waals surface area contributed by atoms with Crippen LogP contribution in [0.2, 0.25) is 0 Å². The normalized spacial score (nSPS) is 15.4. The zero-order chi connectivity index (χ0) is 13.6. The molecule has 0 radical (unpaired) electrons. The Morgan fingerprint density at radius 1 is 1.44 bits per heavy atom. The third kappa shape index (κ3) is 3.92. The third-order valence-corrected chi connectivity index (χ3v) is 4.09. The molecule has 1 amide bonds. The van der Waals surface area contributed by atoms with Crippen LogP contribution in [-0.2, 0) is 9.53 Å².